The van der Waals surface area contributed by atoms with Crippen molar-refractivity contribution in [2.75, 3.05) is 0 Å². The minimum atomic E-state index is -0.987. The lowest BCUT2D eigenvalue weighted by Crippen LogP contribution is -2.32. The van der Waals surface area contributed by atoms with Gasteiger partial charge in [0.25, 0.3) is 5.91 Å². The topological polar surface area (TPSA) is 86.3 Å². The van der Waals surface area contributed by atoms with E-state index >= 15 is 0 Å². The third kappa shape index (κ3) is 2.64. The molecule has 3 aromatic rings. The number of H-pyrrole nitrogens is 1. The Kier molecular flexibility index (Phi) is 3.42. The number of hydrogen-bond acceptors (Lipinski definition) is 5. The van der Waals surface area contributed by atoms with Gasteiger partial charge >= 0.3 is 5.97 Å². The summed E-state index contributed by atoms with van der Waals surface area (Å²) in [6.45, 7) is 0.500. The number of carbonyl (C=O) groups excluding carboxylic acids is 1. The van der Waals surface area contributed by atoms with E-state index in [-0.39, 0.29) is 17.5 Å². The van der Waals surface area contributed by atoms with Crippen LogP contribution in [-0.2, 0) is 6.54 Å². The van der Waals surface area contributed by atoms with E-state index in [1.165, 1.54) is 22.7 Å². The van der Waals surface area contributed by atoms with E-state index in [4.69, 9.17) is 0 Å². The maximum atomic E-state index is 12.8. The van der Waals surface area contributed by atoms with E-state index in [1.807, 2.05) is 10.3 Å². The largest absolute Gasteiger partial charge is 0.478 e. The molecule has 6 nitrogen and oxygen atoms in total. The van der Waals surface area contributed by atoms with Crippen molar-refractivity contribution in [2.45, 2.75) is 25.4 Å². The highest BCUT2D eigenvalue weighted by Crippen LogP contribution is 2.32. The van der Waals surface area contributed by atoms with Crippen molar-refractivity contribution in [1.82, 2.24) is 14.9 Å². The number of fused-ring (bicyclic) bond motifs is 1. The highest BCUT2D eigenvalue weighted by Gasteiger charge is 2.34. The molecule has 2 N–H and O–H groups in total. The Morgan fingerprint density at radius 2 is 2.22 bits per heavy atom. The molecule has 23 heavy (non-hydrogen) atoms. The number of amides is 1. The molecule has 0 unspecified atom stereocenters. The highest BCUT2D eigenvalue weighted by atomic mass is 32.1. The van der Waals surface area contributed by atoms with Crippen molar-refractivity contribution in [3.63, 3.8) is 0 Å². The number of thiophene rings is 1. The first kappa shape index (κ1) is 14.4. The number of carboxylic acids is 1. The van der Waals surface area contributed by atoms with E-state index in [0.717, 1.165) is 22.5 Å². The average Bonchev–Trinajstić information content (AvgIpc) is 2.94. The summed E-state index contributed by atoms with van der Waals surface area (Å²) >= 11 is 2.86. The van der Waals surface area contributed by atoms with Gasteiger partial charge in [-0.05, 0) is 18.9 Å². The Labute approximate surface area is 139 Å². The van der Waals surface area contributed by atoms with Gasteiger partial charge in [-0.15, -0.1) is 22.7 Å². The molecule has 0 aromatic carbocycles. The van der Waals surface area contributed by atoms with E-state index in [1.54, 1.807) is 17.6 Å². The van der Waals surface area contributed by atoms with Crippen LogP contribution in [0.25, 0.3) is 10.2 Å². The van der Waals surface area contributed by atoms with Crippen LogP contribution in [0.4, 0.5) is 0 Å². The Bertz CT molecular complexity index is 877. The molecule has 0 spiro atoms. The minimum Gasteiger partial charge on any atom is -0.478 e. The number of thiazole rings is 1. The van der Waals surface area contributed by atoms with Crippen molar-refractivity contribution >= 4 is 44.8 Å². The standard InChI is InChI=1S/C15H13N3O3S2/c19-14(18(8-1-2-8)6-12-16-3-4-22-12)10-5-11-13(17-10)9(7-23-11)15(20)21/h3-5,7-8,17H,1-2,6H2,(H,20,21). The number of nitrogens with zero attached hydrogens (tertiary/aromatic N) is 2. The van der Waals surface area contributed by atoms with Gasteiger partial charge in [-0.25, -0.2) is 9.78 Å². The molecular weight excluding hydrogens is 334 g/mol. The fraction of sp³-hybridized carbons (Fsp3) is 0.267. The van der Waals surface area contributed by atoms with Crippen LogP contribution < -0.4 is 0 Å². The van der Waals surface area contributed by atoms with Gasteiger partial charge in [0.05, 0.1) is 22.3 Å². The van der Waals surface area contributed by atoms with E-state index < -0.39 is 5.97 Å². The van der Waals surface area contributed by atoms with Crippen LogP contribution >= 0.6 is 22.7 Å². The second kappa shape index (κ2) is 5.47. The molecule has 0 saturated heterocycles. The average molecular weight is 347 g/mol. The van der Waals surface area contributed by atoms with Crippen molar-refractivity contribution in [2.24, 2.45) is 0 Å². The van der Waals surface area contributed by atoms with Crippen LogP contribution in [0.2, 0.25) is 0 Å². The van der Waals surface area contributed by atoms with Crippen LogP contribution in [-0.4, -0.2) is 37.9 Å². The number of carboxylic acid groups (broad SMARTS) is 1. The molecule has 0 atom stereocenters. The zero-order chi connectivity index (χ0) is 16.0. The number of nitrogens with one attached hydrogen (secondary N) is 1. The van der Waals surface area contributed by atoms with Crippen LogP contribution in [0.3, 0.4) is 0 Å². The SMILES string of the molecule is O=C(O)c1csc2cc(C(=O)N(Cc3nccs3)C3CC3)[nH]c12. The lowest BCUT2D eigenvalue weighted by Gasteiger charge is -2.20. The van der Waals surface area contributed by atoms with E-state index in [9.17, 15) is 14.7 Å². The van der Waals surface area contributed by atoms with Gasteiger partial charge in [0.2, 0.25) is 0 Å². The smallest absolute Gasteiger partial charge is 0.338 e. The van der Waals surface area contributed by atoms with Crippen LogP contribution in [0, 0.1) is 0 Å². The van der Waals surface area contributed by atoms with Gasteiger partial charge in [0, 0.05) is 23.0 Å². The third-order valence-electron chi connectivity index (χ3n) is 3.85. The van der Waals surface area contributed by atoms with Gasteiger partial charge in [0.1, 0.15) is 10.7 Å². The Hall–Kier alpha value is -2.19. The third-order valence-corrected chi connectivity index (χ3v) is 5.55. The predicted molar refractivity (Wildman–Crippen MR) is 88.1 cm³/mol. The summed E-state index contributed by atoms with van der Waals surface area (Å²) < 4.78 is 0.788. The molecule has 3 aromatic heterocycles. The number of aromatic nitrogens is 2. The molecule has 0 aliphatic heterocycles. The second-order valence-electron chi connectivity index (χ2n) is 5.47. The summed E-state index contributed by atoms with van der Waals surface area (Å²) in [6, 6.07) is 2.00. The summed E-state index contributed by atoms with van der Waals surface area (Å²) in [5, 5.41) is 13.6. The first-order chi connectivity index (χ1) is 11.1. The summed E-state index contributed by atoms with van der Waals surface area (Å²) in [6.07, 6.45) is 3.75. The fourth-order valence-corrected chi connectivity index (χ4v) is 4.11. The molecule has 1 amide bonds. The lowest BCUT2D eigenvalue weighted by molar-refractivity contribution is 0.0695. The molecule has 1 aliphatic rings. The molecule has 0 radical (unpaired) electrons. The molecule has 8 heteroatoms. The maximum absolute atomic E-state index is 12.8. The number of rotatable bonds is 5. The first-order valence-electron chi connectivity index (χ1n) is 7.16. The second-order valence-corrected chi connectivity index (χ2v) is 7.36. The maximum Gasteiger partial charge on any atom is 0.338 e. The van der Waals surface area contributed by atoms with Gasteiger partial charge in [0.15, 0.2) is 0 Å². The summed E-state index contributed by atoms with van der Waals surface area (Å²) in [7, 11) is 0. The Morgan fingerprint density at radius 1 is 1.39 bits per heavy atom. The molecule has 1 aliphatic carbocycles. The molecular formula is C15H13N3O3S2. The summed E-state index contributed by atoms with van der Waals surface area (Å²) in [4.78, 5) is 33.1. The summed E-state index contributed by atoms with van der Waals surface area (Å²) in [5.41, 5.74) is 1.18. The molecule has 1 saturated carbocycles. The molecule has 4 rings (SSSR count). The van der Waals surface area contributed by atoms with Crippen LogP contribution in [0.15, 0.2) is 23.0 Å². The molecule has 0 bridgehead atoms. The molecule has 1 fully saturated rings. The minimum absolute atomic E-state index is 0.0950. The first-order valence-corrected chi connectivity index (χ1v) is 8.92. The monoisotopic (exact) mass is 347 g/mol. The lowest BCUT2D eigenvalue weighted by atomic mass is 10.3. The number of aromatic amines is 1. The van der Waals surface area contributed by atoms with Crippen molar-refractivity contribution in [1.29, 1.82) is 0 Å². The highest BCUT2D eigenvalue weighted by molar-refractivity contribution is 7.17. The number of hydrogen-bond donors (Lipinski definition) is 2. The summed E-state index contributed by atoms with van der Waals surface area (Å²) in [5.74, 6) is -1.08. The van der Waals surface area contributed by atoms with E-state index in [2.05, 4.69) is 9.97 Å². The van der Waals surface area contributed by atoms with E-state index in [0.29, 0.717) is 17.8 Å². The van der Waals surface area contributed by atoms with Crippen LogP contribution in [0.1, 0.15) is 38.7 Å². The zero-order valence-electron chi connectivity index (χ0n) is 12.0. The zero-order valence-corrected chi connectivity index (χ0v) is 13.6. The molecule has 3 heterocycles. The normalized spacial score (nSPS) is 14.3. The van der Waals surface area contributed by atoms with Crippen molar-refractivity contribution in [3.05, 3.63) is 39.3 Å². The Balaban J connectivity index is 1.65. The van der Waals surface area contributed by atoms with Gasteiger partial charge in [-0.1, -0.05) is 0 Å². The number of aromatic carboxylic acids is 1. The van der Waals surface area contributed by atoms with Gasteiger partial charge in [-0.2, -0.15) is 0 Å². The van der Waals surface area contributed by atoms with Gasteiger partial charge in [-0.3, -0.25) is 4.79 Å². The number of carbonyl (C=O) groups is 2. The predicted octanol–water partition coefficient (Wildman–Crippen LogP) is 3.19. The Morgan fingerprint density at radius 3 is 2.87 bits per heavy atom. The quantitative estimate of drug-likeness (QED) is 0.742. The van der Waals surface area contributed by atoms with Crippen LogP contribution in [0.5, 0.6) is 0 Å². The fourth-order valence-electron chi connectivity index (χ4n) is 2.57. The molecule has 118 valence electrons. The van der Waals surface area contributed by atoms with Gasteiger partial charge < -0.3 is 15.0 Å². The van der Waals surface area contributed by atoms with Crippen molar-refractivity contribution in [3.8, 4) is 0 Å². The van der Waals surface area contributed by atoms with Crippen molar-refractivity contribution < 1.29 is 14.7 Å².